The summed E-state index contributed by atoms with van der Waals surface area (Å²) in [5.74, 6) is 0.0943. The number of hydrogen-bond acceptors (Lipinski definition) is 5. The number of fused-ring (bicyclic) bond motifs is 5. The van der Waals surface area contributed by atoms with Gasteiger partial charge in [-0.2, -0.15) is 10.1 Å². The highest BCUT2D eigenvalue weighted by molar-refractivity contribution is 9.10. The Labute approximate surface area is 209 Å². The molecule has 33 heavy (non-hydrogen) atoms. The van der Waals surface area contributed by atoms with Gasteiger partial charge in [-0.15, -0.1) is 0 Å². The SMILES string of the molecule is COc1cc(Br)cc(C=NN2C(=O)[C@@H]3[C@H](C2=O)[C@H]2C=C[C@H]3C2)c1OCc1ccc(Cl)c(Cl)c1. The van der Waals surface area contributed by atoms with Gasteiger partial charge < -0.3 is 9.47 Å². The standard InChI is InChI=1S/C24H19BrCl2N2O4/c1-32-19-9-16(25)8-15(22(19)33-11-12-2-5-17(26)18(27)6-12)10-28-29-23(30)20-13-3-4-14(7-13)21(20)24(29)31/h2-6,8-10,13-14,20-21H,7,11H2,1H3/t13-,14-,20-,21+/m0/s1. The van der Waals surface area contributed by atoms with Crippen molar-refractivity contribution in [3.05, 3.63) is 68.1 Å². The molecule has 2 amide bonds. The Kier molecular flexibility index (Phi) is 5.97. The van der Waals surface area contributed by atoms with Gasteiger partial charge in [0.25, 0.3) is 11.8 Å². The number of rotatable bonds is 6. The Morgan fingerprint density at radius 2 is 1.79 bits per heavy atom. The van der Waals surface area contributed by atoms with Gasteiger partial charge in [0.05, 0.1) is 35.2 Å². The summed E-state index contributed by atoms with van der Waals surface area (Å²) in [5, 5.41) is 6.18. The third kappa shape index (κ3) is 3.96. The van der Waals surface area contributed by atoms with Crippen LogP contribution in [-0.2, 0) is 16.2 Å². The van der Waals surface area contributed by atoms with Crippen LogP contribution in [0.3, 0.4) is 0 Å². The molecule has 2 aromatic carbocycles. The zero-order chi connectivity index (χ0) is 23.3. The molecule has 2 fully saturated rings. The summed E-state index contributed by atoms with van der Waals surface area (Å²) in [4.78, 5) is 25.8. The van der Waals surface area contributed by atoms with Crippen molar-refractivity contribution >= 4 is 57.2 Å². The van der Waals surface area contributed by atoms with E-state index in [0.717, 1.165) is 21.5 Å². The quantitative estimate of drug-likeness (QED) is 0.271. The number of imide groups is 1. The molecule has 6 nitrogen and oxygen atoms in total. The van der Waals surface area contributed by atoms with Gasteiger partial charge in [0, 0.05) is 10.0 Å². The average Bonchev–Trinajstić information content (AvgIpc) is 3.47. The lowest BCUT2D eigenvalue weighted by atomic mass is 9.85. The van der Waals surface area contributed by atoms with E-state index in [-0.39, 0.29) is 42.1 Å². The van der Waals surface area contributed by atoms with Gasteiger partial charge in [-0.05, 0) is 48.1 Å². The first kappa shape index (κ1) is 22.4. The Morgan fingerprint density at radius 3 is 2.42 bits per heavy atom. The van der Waals surface area contributed by atoms with Crippen molar-refractivity contribution in [1.29, 1.82) is 0 Å². The number of amides is 2. The van der Waals surface area contributed by atoms with Crippen LogP contribution in [0.25, 0.3) is 0 Å². The number of halogens is 3. The van der Waals surface area contributed by atoms with Crippen LogP contribution in [0, 0.1) is 23.7 Å². The second kappa shape index (κ2) is 8.78. The van der Waals surface area contributed by atoms with Crippen molar-refractivity contribution in [1.82, 2.24) is 5.01 Å². The van der Waals surface area contributed by atoms with Crippen LogP contribution in [0.2, 0.25) is 10.0 Å². The van der Waals surface area contributed by atoms with E-state index in [2.05, 4.69) is 33.2 Å². The van der Waals surface area contributed by atoms with Crippen LogP contribution in [0.5, 0.6) is 11.5 Å². The molecule has 2 bridgehead atoms. The summed E-state index contributed by atoms with van der Waals surface area (Å²) in [7, 11) is 1.53. The van der Waals surface area contributed by atoms with Gasteiger partial charge in [0.2, 0.25) is 0 Å². The third-order valence-corrected chi connectivity index (χ3v) is 7.59. The Bertz CT molecular complexity index is 1190. The third-order valence-electron chi connectivity index (χ3n) is 6.39. The normalized spacial score (nSPS) is 25.4. The predicted octanol–water partition coefficient (Wildman–Crippen LogP) is 5.48. The van der Waals surface area contributed by atoms with Gasteiger partial charge in [-0.3, -0.25) is 9.59 Å². The van der Waals surface area contributed by atoms with E-state index >= 15 is 0 Å². The van der Waals surface area contributed by atoms with Gasteiger partial charge in [0.15, 0.2) is 11.5 Å². The van der Waals surface area contributed by atoms with Crippen LogP contribution in [0.1, 0.15) is 17.5 Å². The number of hydrogen-bond donors (Lipinski definition) is 0. The molecule has 1 saturated carbocycles. The summed E-state index contributed by atoms with van der Waals surface area (Å²) < 4.78 is 12.3. The second-order valence-electron chi connectivity index (χ2n) is 8.30. The number of carbonyl (C=O) groups is 2. The van der Waals surface area contributed by atoms with Crippen molar-refractivity contribution in [2.45, 2.75) is 13.0 Å². The maximum absolute atomic E-state index is 12.9. The first-order valence-corrected chi connectivity index (χ1v) is 12.0. The van der Waals surface area contributed by atoms with Crippen LogP contribution in [-0.4, -0.2) is 30.1 Å². The summed E-state index contributed by atoms with van der Waals surface area (Å²) in [6.45, 7) is 0.205. The highest BCUT2D eigenvalue weighted by Crippen LogP contribution is 2.52. The van der Waals surface area contributed by atoms with Crippen molar-refractivity contribution in [3.8, 4) is 11.5 Å². The minimum absolute atomic E-state index is 0.132. The number of carbonyl (C=O) groups excluding carboxylic acids is 2. The molecular weight excluding hydrogens is 531 g/mol. The zero-order valence-electron chi connectivity index (χ0n) is 17.5. The Morgan fingerprint density at radius 1 is 1.09 bits per heavy atom. The fourth-order valence-corrected chi connectivity index (χ4v) is 5.67. The molecule has 0 spiro atoms. The molecule has 1 saturated heterocycles. The summed E-state index contributed by atoms with van der Waals surface area (Å²) >= 11 is 15.6. The number of ether oxygens (including phenoxy) is 2. The summed E-state index contributed by atoms with van der Waals surface area (Å²) in [6, 6.07) is 8.80. The van der Waals surface area contributed by atoms with Crippen LogP contribution >= 0.6 is 39.1 Å². The van der Waals surface area contributed by atoms with E-state index in [1.54, 1.807) is 24.3 Å². The summed E-state index contributed by atoms with van der Waals surface area (Å²) in [6.07, 6.45) is 6.44. The predicted molar refractivity (Wildman–Crippen MR) is 129 cm³/mol. The molecule has 2 aromatic rings. The van der Waals surface area contributed by atoms with Crippen LogP contribution < -0.4 is 9.47 Å². The first-order valence-electron chi connectivity index (χ1n) is 10.4. The number of hydrazone groups is 1. The number of methoxy groups -OCH3 is 1. The molecule has 170 valence electrons. The van der Waals surface area contributed by atoms with Crippen molar-refractivity contribution < 1.29 is 19.1 Å². The van der Waals surface area contributed by atoms with E-state index in [0.29, 0.717) is 27.1 Å². The van der Waals surface area contributed by atoms with Gasteiger partial charge in [-0.25, -0.2) is 0 Å². The topological polar surface area (TPSA) is 68.2 Å². The van der Waals surface area contributed by atoms with E-state index < -0.39 is 0 Å². The van der Waals surface area contributed by atoms with E-state index in [1.807, 2.05) is 6.07 Å². The molecule has 0 aromatic heterocycles. The average molecular weight is 550 g/mol. The zero-order valence-corrected chi connectivity index (χ0v) is 20.6. The smallest absolute Gasteiger partial charge is 0.254 e. The molecule has 2 aliphatic carbocycles. The maximum atomic E-state index is 12.9. The number of benzene rings is 2. The van der Waals surface area contributed by atoms with Gasteiger partial charge in [0.1, 0.15) is 6.61 Å². The van der Waals surface area contributed by atoms with Crippen LogP contribution in [0.15, 0.2) is 52.1 Å². The maximum Gasteiger partial charge on any atom is 0.254 e. The van der Waals surface area contributed by atoms with Gasteiger partial charge in [-0.1, -0.05) is 57.4 Å². The second-order valence-corrected chi connectivity index (χ2v) is 10.0. The molecule has 3 aliphatic rings. The molecule has 5 rings (SSSR count). The molecule has 4 atom stereocenters. The fraction of sp³-hybridized carbons (Fsp3) is 0.292. The molecule has 0 unspecified atom stereocenters. The minimum Gasteiger partial charge on any atom is -0.493 e. The van der Waals surface area contributed by atoms with Gasteiger partial charge >= 0.3 is 0 Å². The van der Waals surface area contributed by atoms with E-state index in [1.165, 1.54) is 13.3 Å². The molecule has 1 heterocycles. The lowest BCUT2D eigenvalue weighted by Gasteiger charge is -2.15. The van der Waals surface area contributed by atoms with Crippen molar-refractivity contribution in [3.63, 3.8) is 0 Å². The Balaban J connectivity index is 1.41. The molecule has 1 aliphatic heterocycles. The monoisotopic (exact) mass is 548 g/mol. The highest BCUT2D eigenvalue weighted by atomic mass is 79.9. The van der Waals surface area contributed by atoms with E-state index in [9.17, 15) is 9.59 Å². The lowest BCUT2D eigenvalue weighted by molar-refractivity contribution is -0.140. The minimum atomic E-state index is -0.299. The summed E-state index contributed by atoms with van der Waals surface area (Å²) in [5.41, 5.74) is 1.37. The lowest BCUT2D eigenvalue weighted by Crippen LogP contribution is -2.28. The van der Waals surface area contributed by atoms with E-state index in [4.69, 9.17) is 32.7 Å². The number of allylic oxidation sites excluding steroid dienone is 2. The molecule has 0 N–H and O–H groups in total. The number of nitrogens with zero attached hydrogens (tertiary/aromatic N) is 2. The first-order chi connectivity index (χ1) is 15.9. The van der Waals surface area contributed by atoms with Crippen molar-refractivity contribution in [2.24, 2.45) is 28.8 Å². The fourth-order valence-electron chi connectivity index (χ4n) is 4.90. The molecule has 0 radical (unpaired) electrons. The molecular formula is C24H19BrCl2N2O4. The molecule has 9 heteroatoms. The Hall–Kier alpha value is -2.35. The largest absolute Gasteiger partial charge is 0.493 e. The van der Waals surface area contributed by atoms with Crippen molar-refractivity contribution in [2.75, 3.05) is 7.11 Å². The highest BCUT2D eigenvalue weighted by Gasteiger charge is 2.59. The van der Waals surface area contributed by atoms with Crippen LogP contribution in [0.4, 0.5) is 0 Å².